The van der Waals surface area contributed by atoms with E-state index in [9.17, 15) is 13.2 Å². The van der Waals surface area contributed by atoms with E-state index in [2.05, 4.69) is 0 Å². The van der Waals surface area contributed by atoms with Crippen LogP contribution in [0.5, 0.6) is 0 Å². The average molecular weight is 372 g/mol. The van der Waals surface area contributed by atoms with Crippen molar-refractivity contribution >= 4 is 15.9 Å². The Labute approximate surface area is 155 Å². The molecule has 2 aromatic rings. The Bertz CT molecular complexity index is 877. The van der Waals surface area contributed by atoms with Crippen molar-refractivity contribution in [2.24, 2.45) is 5.92 Å². The van der Waals surface area contributed by atoms with Crippen LogP contribution in [0.15, 0.2) is 59.5 Å². The second kappa shape index (κ2) is 7.21. The molecule has 0 unspecified atom stereocenters. The van der Waals surface area contributed by atoms with Crippen LogP contribution in [0.3, 0.4) is 0 Å². The van der Waals surface area contributed by atoms with Crippen LogP contribution in [0, 0.1) is 12.8 Å². The number of carbonyl (C=O) groups excluding carboxylic acids is 1. The van der Waals surface area contributed by atoms with Crippen LogP contribution >= 0.6 is 0 Å². The van der Waals surface area contributed by atoms with E-state index in [1.807, 2.05) is 39.0 Å². The molecule has 0 aliphatic carbocycles. The normalized spacial score (nSPS) is 18.5. The molecule has 1 aliphatic heterocycles. The molecule has 2 aromatic carbocycles. The molecule has 26 heavy (non-hydrogen) atoms. The first kappa shape index (κ1) is 18.6. The second-order valence-electron chi connectivity index (χ2n) is 6.95. The topological polar surface area (TPSA) is 57.7 Å². The summed E-state index contributed by atoms with van der Waals surface area (Å²) in [5.41, 5.74) is 1.58. The third-order valence-electron chi connectivity index (χ3n) is 4.68. The van der Waals surface area contributed by atoms with E-state index in [0.29, 0.717) is 18.7 Å². The Kier molecular flexibility index (Phi) is 5.16. The first-order chi connectivity index (χ1) is 12.3. The van der Waals surface area contributed by atoms with Crippen LogP contribution in [-0.4, -0.2) is 42.8 Å². The van der Waals surface area contributed by atoms with Crippen LogP contribution in [0.4, 0.5) is 0 Å². The largest absolute Gasteiger partial charge is 0.320 e. The Morgan fingerprint density at radius 3 is 2.19 bits per heavy atom. The maximum Gasteiger partial charge on any atom is 0.255 e. The Morgan fingerprint density at radius 1 is 1.00 bits per heavy atom. The highest BCUT2D eigenvalue weighted by Crippen LogP contribution is 2.29. The predicted octanol–water partition coefficient (Wildman–Crippen LogP) is 3.12. The van der Waals surface area contributed by atoms with Crippen LogP contribution in [0.1, 0.15) is 29.8 Å². The number of carbonyl (C=O) groups is 1. The Balaban J connectivity index is 1.94. The average Bonchev–Trinajstić information content (AvgIpc) is 3.08. The molecule has 0 aromatic heterocycles. The smallest absolute Gasteiger partial charge is 0.255 e. The highest BCUT2D eigenvalue weighted by Gasteiger charge is 2.43. The minimum atomic E-state index is -3.66. The molecule has 1 heterocycles. The molecule has 5 nitrogen and oxygen atoms in total. The van der Waals surface area contributed by atoms with Gasteiger partial charge in [-0.15, -0.1) is 0 Å². The molecule has 0 bridgehead atoms. The maximum atomic E-state index is 13.2. The summed E-state index contributed by atoms with van der Waals surface area (Å²) in [5, 5.41) is 0. The van der Waals surface area contributed by atoms with Gasteiger partial charge in [0.25, 0.3) is 5.91 Å². The molecular weight excluding hydrogens is 348 g/mol. The van der Waals surface area contributed by atoms with Crippen molar-refractivity contribution in [1.82, 2.24) is 9.21 Å². The van der Waals surface area contributed by atoms with Gasteiger partial charge in [0.1, 0.15) is 6.17 Å². The van der Waals surface area contributed by atoms with E-state index in [4.69, 9.17) is 0 Å². The highest BCUT2D eigenvalue weighted by molar-refractivity contribution is 7.89. The summed E-state index contributed by atoms with van der Waals surface area (Å²) in [6.45, 7) is 6.50. The van der Waals surface area contributed by atoms with Crippen LogP contribution < -0.4 is 0 Å². The minimum Gasteiger partial charge on any atom is -0.320 e. The summed E-state index contributed by atoms with van der Waals surface area (Å²) in [6, 6.07) is 15.8. The fourth-order valence-corrected chi connectivity index (χ4v) is 5.11. The van der Waals surface area contributed by atoms with Crippen molar-refractivity contribution in [3.8, 4) is 0 Å². The lowest BCUT2D eigenvalue weighted by Crippen LogP contribution is -2.47. The van der Waals surface area contributed by atoms with Crippen molar-refractivity contribution in [2.75, 3.05) is 13.1 Å². The molecule has 0 spiro atoms. The Hall–Kier alpha value is -2.18. The van der Waals surface area contributed by atoms with Gasteiger partial charge < -0.3 is 4.90 Å². The van der Waals surface area contributed by atoms with Crippen LogP contribution in [0.25, 0.3) is 0 Å². The molecule has 1 fully saturated rings. The molecule has 1 saturated heterocycles. The standard InChI is InChI=1S/C20H24N2O3S/c1-15(2)19-21(20(23)17-7-5-4-6-8-17)13-14-22(19)26(24,25)18-11-9-16(3)10-12-18/h4-12,15,19H,13-14H2,1-3H3/t19-/m0/s1. The maximum absolute atomic E-state index is 13.2. The van der Waals surface area contributed by atoms with E-state index in [-0.39, 0.29) is 16.7 Å². The number of rotatable bonds is 4. The van der Waals surface area contributed by atoms with Crippen molar-refractivity contribution in [3.63, 3.8) is 0 Å². The van der Waals surface area contributed by atoms with Gasteiger partial charge in [0.15, 0.2) is 0 Å². The van der Waals surface area contributed by atoms with Crippen molar-refractivity contribution in [3.05, 3.63) is 65.7 Å². The number of amides is 1. The fourth-order valence-electron chi connectivity index (χ4n) is 3.39. The van der Waals surface area contributed by atoms with Crippen LogP contribution in [0.2, 0.25) is 0 Å². The van der Waals surface area contributed by atoms with Gasteiger partial charge in [-0.25, -0.2) is 8.42 Å². The zero-order valence-corrected chi connectivity index (χ0v) is 16.1. The summed E-state index contributed by atoms with van der Waals surface area (Å²) in [7, 11) is -3.66. The third-order valence-corrected chi connectivity index (χ3v) is 6.57. The molecule has 0 N–H and O–H groups in total. The second-order valence-corrected chi connectivity index (χ2v) is 8.84. The minimum absolute atomic E-state index is 0.0228. The third kappa shape index (κ3) is 3.39. The predicted molar refractivity (Wildman–Crippen MR) is 101 cm³/mol. The van der Waals surface area contributed by atoms with E-state index in [1.165, 1.54) is 4.31 Å². The lowest BCUT2D eigenvalue weighted by Gasteiger charge is -2.32. The van der Waals surface area contributed by atoms with Gasteiger partial charge in [-0.2, -0.15) is 4.31 Å². The summed E-state index contributed by atoms with van der Waals surface area (Å²) in [6.07, 6.45) is -0.492. The summed E-state index contributed by atoms with van der Waals surface area (Å²) < 4.78 is 27.8. The van der Waals surface area contributed by atoms with E-state index >= 15 is 0 Å². The number of sulfonamides is 1. The van der Waals surface area contributed by atoms with Gasteiger partial charge in [0.05, 0.1) is 4.90 Å². The first-order valence-electron chi connectivity index (χ1n) is 8.77. The molecule has 1 atom stereocenters. The van der Waals surface area contributed by atoms with Gasteiger partial charge in [-0.1, -0.05) is 49.7 Å². The molecule has 1 aliphatic rings. The van der Waals surface area contributed by atoms with Crippen molar-refractivity contribution < 1.29 is 13.2 Å². The van der Waals surface area contributed by atoms with Gasteiger partial charge in [0.2, 0.25) is 10.0 Å². The first-order valence-corrected chi connectivity index (χ1v) is 10.2. The molecule has 1 amide bonds. The van der Waals surface area contributed by atoms with Crippen molar-refractivity contribution in [2.45, 2.75) is 31.8 Å². The Morgan fingerprint density at radius 2 is 1.62 bits per heavy atom. The summed E-state index contributed by atoms with van der Waals surface area (Å²) in [4.78, 5) is 14.9. The molecule has 6 heteroatoms. The molecule has 0 saturated carbocycles. The van der Waals surface area contributed by atoms with E-state index in [1.54, 1.807) is 41.3 Å². The number of nitrogens with zero attached hydrogens (tertiary/aromatic N) is 2. The lowest BCUT2D eigenvalue weighted by molar-refractivity contribution is 0.0633. The van der Waals surface area contributed by atoms with Crippen molar-refractivity contribution in [1.29, 1.82) is 0 Å². The monoisotopic (exact) mass is 372 g/mol. The number of hydrogen-bond donors (Lipinski definition) is 0. The summed E-state index contributed by atoms with van der Waals surface area (Å²) >= 11 is 0. The van der Waals surface area contributed by atoms with Gasteiger partial charge in [0, 0.05) is 18.7 Å². The van der Waals surface area contributed by atoms with Crippen LogP contribution in [-0.2, 0) is 10.0 Å². The quantitative estimate of drug-likeness (QED) is 0.828. The molecular formula is C20H24N2O3S. The SMILES string of the molecule is Cc1ccc(S(=O)(=O)N2CCN(C(=O)c3ccccc3)[C@@H]2C(C)C)cc1. The fraction of sp³-hybridized carbons (Fsp3) is 0.350. The van der Waals surface area contributed by atoms with E-state index in [0.717, 1.165) is 5.56 Å². The zero-order valence-electron chi connectivity index (χ0n) is 15.3. The van der Waals surface area contributed by atoms with Gasteiger partial charge in [-0.3, -0.25) is 4.79 Å². The zero-order chi connectivity index (χ0) is 18.9. The van der Waals surface area contributed by atoms with Gasteiger partial charge >= 0.3 is 0 Å². The number of benzene rings is 2. The van der Waals surface area contributed by atoms with Gasteiger partial charge in [-0.05, 0) is 37.1 Å². The number of aryl methyl sites for hydroxylation is 1. The molecule has 138 valence electrons. The summed E-state index contributed by atoms with van der Waals surface area (Å²) in [5.74, 6) is -0.156. The molecule has 3 rings (SSSR count). The highest BCUT2D eigenvalue weighted by atomic mass is 32.2. The molecule has 0 radical (unpaired) electrons. The lowest BCUT2D eigenvalue weighted by atomic mass is 10.1. The number of hydrogen-bond acceptors (Lipinski definition) is 3. The van der Waals surface area contributed by atoms with E-state index < -0.39 is 16.2 Å².